The van der Waals surface area contributed by atoms with E-state index in [1.165, 1.54) is 0 Å². The maximum Gasteiger partial charge on any atom is 0.128 e. The van der Waals surface area contributed by atoms with E-state index in [2.05, 4.69) is 17.6 Å². The van der Waals surface area contributed by atoms with Crippen LogP contribution >= 0.6 is 0 Å². The molecule has 0 spiro atoms. The number of hydrogen-bond donors (Lipinski definition) is 0. The Balaban J connectivity index is 2.58. The summed E-state index contributed by atoms with van der Waals surface area (Å²) in [5.41, 5.74) is 2.28. The van der Waals surface area contributed by atoms with Gasteiger partial charge in [0.2, 0.25) is 0 Å². The van der Waals surface area contributed by atoms with Crippen LogP contribution in [-0.2, 0) is 11.8 Å². The molecule has 0 aliphatic carbocycles. The summed E-state index contributed by atoms with van der Waals surface area (Å²) in [6.45, 7) is 2.05. The predicted molar refractivity (Wildman–Crippen MR) is 68.6 cm³/mol. The SMILES string of the molecule is COc1cc(C(C)CC=O)cc2c1ccn2C. The Labute approximate surface area is 101 Å². The number of hydrogen-bond acceptors (Lipinski definition) is 2. The Kier molecular flexibility index (Phi) is 3.18. The quantitative estimate of drug-likeness (QED) is 0.758. The van der Waals surface area contributed by atoms with Gasteiger partial charge in [0.1, 0.15) is 12.0 Å². The van der Waals surface area contributed by atoms with Crippen LogP contribution in [0.4, 0.5) is 0 Å². The molecule has 90 valence electrons. The van der Waals surface area contributed by atoms with Crippen molar-refractivity contribution in [2.45, 2.75) is 19.3 Å². The Hall–Kier alpha value is -1.77. The summed E-state index contributed by atoms with van der Waals surface area (Å²) in [4.78, 5) is 10.6. The number of carbonyl (C=O) groups is 1. The standard InChI is InChI=1S/C14H17NO2/c1-10(5-7-16)11-8-13-12(4-6-15(13)2)14(9-11)17-3/h4,6-10H,5H2,1-3H3. The highest BCUT2D eigenvalue weighted by Gasteiger charge is 2.11. The zero-order valence-corrected chi connectivity index (χ0v) is 10.4. The lowest BCUT2D eigenvalue weighted by Gasteiger charge is -2.12. The number of methoxy groups -OCH3 is 1. The van der Waals surface area contributed by atoms with Crippen LogP contribution in [0.15, 0.2) is 24.4 Å². The topological polar surface area (TPSA) is 31.2 Å². The summed E-state index contributed by atoms with van der Waals surface area (Å²) in [6.07, 6.45) is 3.52. The fourth-order valence-corrected chi connectivity index (χ4v) is 2.09. The molecule has 3 heteroatoms. The summed E-state index contributed by atoms with van der Waals surface area (Å²) >= 11 is 0. The third-order valence-corrected chi connectivity index (χ3v) is 3.23. The molecule has 2 aromatic rings. The van der Waals surface area contributed by atoms with Gasteiger partial charge in [0, 0.05) is 25.1 Å². The highest BCUT2D eigenvalue weighted by atomic mass is 16.5. The second-order valence-corrected chi connectivity index (χ2v) is 4.39. The van der Waals surface area contributed by atoms with Gasteiger partial charge in [-0.1, -0.05) is 6.92 Å². The first-order valence-electron chi connectivity index (χ1n) is 5.74. The van der Waals surface area contributed by atoms with E-state index >= 15 is 0 Å². The Morgan fingerprint density at radius 3 is 2.88 bits per heavy atom. The minimum absolute atomic E-state index is 0.223. The van der Waals surface area contributed by atoms with Crippen molar-refractivity contribution in [1.29, 1.82) is 0 Å². The van der Waals surface area contributed by atoms with Crippen molar-refractivity contribution in [2.75, 3.05) is 7.11 Å². The molecule has 2 rings (SSSR count). The van der Waals surface area contributed by atoms with E-state index in [1.807, 2.05) is 25.4 Å². The van der Waals surface area contributed by atoms with Crippen LogP contribution in [-0.4, -0.2) is 18.0 Å². The molecule has 0 saturated carbocycles. The number of aldehydes is 1. The maximum absolute atomic E-state index is 10.6. The molecule has 0 aliphatic heterocycles. The maximum atomic E-state index is 10.6. The summed E-state index contributed by atoms with van der Waals surface area (Å²) in [6, 6.07) is 6.20. The minimum atomic E-state index is 0.223. The van der Waals surface area contributed by atoms with Gasteiger partial charge in [-0.3, -0.25) is 0 Å². The summed E-state index contributed by atoms with van der Waals surface area (Å²) < 4.78 is 7.47. The van der Waals surface area contributed by atoms with Gasteiger partial charge in [-0.25, -0.2) is 0 Å². The van der Waals surface area contributed by atoms with Crippen LogP contribution < -0.4 is 4.74 Å². The van der Waals surface area contributed by atoms with E-state index in [9.17, 15) is 4.79 Å². The zero-order valence-electron chi connectivity index (χ0n) is 10.4. The molecule has 1 unspecified atom stereocenters. The lowest BCUT2D eigenvalue weighted by molar-refractivity contribution is -0.108. The van der Waals surface area contributed by atoms with Gasteiger partial charge in [0.15, 0.2) is 0 Å². The molecule has 3 nitrogen and oxygen atoms in total. The Morgan fingerprint density at radius 2 is 2.24 bits per heavy atom. The number of carbonyl (C=O) groups excluding carboxylic acids is 1. The first kappa shape index (κ1) is 11.7. The van der Waals surface area contributed by atoms with Crippen LogP contribution in [0.3, 0.4) is 0 Å². The van der Waals surface area contributed by atoms with E-state index in [0.717, 1.165) is 28.5 Å². The summed E-state index contributed by atoms with van der Waals surface area (Å²) in [5.74, 6) is 1.09. The molecule has 1 aromatic carbocycles. The molecule has 0 amide bonds. The van der Waals surface area contributed by atoms with Crippen molar-refractivity contribution in [1.82, 2.24) is 4.57 Å². The zero-order chi connectivity index (χ0) is 12.4. The van der Waals surface area contributed by atoms with Gasteiger partial charge in [-0.2, -0.15) is 0 Å². The van der Waals surface area contributed by atoms with Crippen molar-refractivity contribution in [3.05, 3.63) is 30.0 Å². The summed E-state index contributed by atoms with van der Waals surface area (Å²) in [7, 11) is 3.69. The largest absolute Gasteiger partial charge is 0.496 e. The number of aromatic nitrogens is 1. The number of rotatable bonds is 4. The number of ether oxygens (including phenoxy) is 1. The molecular weight excluding hydrogens is 214 g/mol. The van der Waals surface area contributed by atoms with Crippen LogP contribution in [0, 0.1) is 0 Å². The fraction of sp³-hybridized carbons (Fsp3) is 0.357. The van der Waals surface area contributed by atoms with Crippen molar-refractivity contribution >= 4 is 17.2 Å². The van der Waals surface area contributed by atoms with Crippen LogP contribution in [0.2, 0.25) is 0 Å². The smallest absolute Gasteiger partial charge is 0.128 e. The van der Waals surface area contributed by atoms with Gasteiger partial charge in [0.25, 0.3) is 0 Å². The van der Waals surface area contributed by atoms with Crippen molar-refractivity contribution < 1.29 is 9.53 Å². The Morgan fingerprint density at radius 1 is 1.47 bits per heavy atom. The number of benzene rings is 1. The molecule has 1 aromatic heterocycles. The molecular formula is C14H17NO2. The van der Waals surface area contributed by atoms with Gasteiger partial charge >= 0.3 is 0 Å². The van der Waals surface area contributed by atoms with Gasteiger partial charge in [-0.15, -0.1) is 0 Å². The van der Waals surface area contributed by atoms with E-state index in [0.29, 0.717) is 6.42 Å². The number of fused-ring (bicyclic) bond motifs is 1. The number of aryl methyl sites for hydroxylation is 1. The van der Waals surface area contributed by atoms with Gasteiger partial charge in [0.05, 0.1) is 12.6 Å². The third-order valence-electron chi connectivity index (χ3n) is 3.23. The summed E-state index contributed by atoms with van der Waals surface area (Å²) in [5, 5.41) is 1.11. The van der Waals surface area contributed by atoms with E-state index in [4.69, 9.17) is 4.74 Å². The highest BCUT2D eigenvalue weighted by molar-refractivity contribution is 5.87. The first-order valence-corrected chi connectivity index (χ1v) is 5.74. The fourth-order valence-electron chi connectivity index (χ4n) is 2.09. The minimum Gasteiger partial charge on any atom is -0.496 e. The number of nitrogens with zero attached hydrogens (tertiary/aromatic N) is 1. The predicted octanol–water partition coefficient (Wildman–Crippen LogP) is 2.88. The molecule has 17 heavy (non-hydrogen) atoms. The highest BCUT2D eigenvalue weighted by Crippen LogP contribution is 2.31. The molecule has 0 radical (unpaired) electrons. The van der Waals surface area contributed by atoms with Crippen LogP contribution in [0.1, 0.15) is 24.8 Å². The van der Waals surface area contributed by atoms with E-state index in [-0.39, 0.29) is 5.92 Å². The normalized spacial score (nSPS) is 12.6. The molecule has 0 fully saturated rings. The molecule has 1 atom stereocenters. The average Bonchev–Trinajstić information content (AvgIpc) is 2.70. The molecule has 0 N–H and O–H groups in total. The van der Waals surface area contributed by atoms with E-state index < -0.39 is 0 Å². The average molecular weight is 231 g/mol. The molecule has 0 aliphatic rings. The lowest BCUT2D eigenvalue weighted by Crippen LogP contribution is -1.97. The molecule has 0 bridgehead atoms. The van der Waals surface area contributed by atoms with Gasteiger partial charge < -0.3 is 14.1 Å². The second kappa shape index (κ2) is 4.62. The lowest BCUT2D eigenvalue weighted by atomic mass is 9.97. The van der Waals surface area contributed by atoms with Crippen molar-refractivity contribution in [2.24, 2.45) is 7.05 Å². The van der Waals surface area contributed by atoms with Crippen LogP contribution in [0.25, 0.3) is 10.9 Å². The third kappa shape index (κ3) is 2.05. The van der Waals surface area contributed by atoms with Crippen molar-refractivity contribution in [3.63, 3.8) is 0 Å². The monoisotopic (exact) mass is 231 g/mol. The molecule has 1 heterocycles. The van der Waals surface area contributed by atoms with Crippen LogP contribution in [0.5, 0.6) is 5.75 Å². The van der Waals surface area contributed by atoms with Crippen molar-refractivity contribution in [3.8, 4) is 5.75 Å². The van der Waals surface area contributed by atoms with Gasteiger partial charge in [-0.05, 0) is 29.7 Å². The molecule has 0 saturated heterocycles. The second-order valence-electron chi connectivity index (χ2n) is 4.39. The first-order chi connectivity index (χ1) is 8.17. The Bertz CT molecular complexity index is 542. The van der Waals surface area contributed by atoms with E-state index in [1.54, 1.807) is 7.11 Å².